The van der Waals surface area contributed by atoms with E-state index in [9.17, 15) is 17.6 Å². The van der Waals surface area contributed by atoms with E-state index < -0.39 is 38.3 Å². The summed E-state index contributed by atoms with van der Waals surface area (Å²) in [6.07, 6.45) is -0.656. The highest BCUT2D eigenvalue weighted by Crippen LogP contribution is 2.57. The van der Waals surface area contributed by atoms with Crippen LogP contribution in [0.1, 0.15) is 32.8 Å². The second-order valence-corrected chi connectivity index (χ2v) is 9.32. The minimum absolute atomic E-state index is 0.167. The molecule has 9 heteroatoms. The molecule has 2 aliphatic rings. The predicted octanol–water partition coefficient (Wildman–Crippen LogP) is 1.95. The summed E-state index contributed by atoms with van der Waals surface area (Å²) in [5.41, 5.74) is -1.75. The van der Waals surface area contributed by atoms with E-state index in [-0.39, 0.29) is 17.9 Å². The second kappa shape index (κ2) is 5.42. The van der Waals surface area contributed by atoms with E-state index >= 15 is 0 Å². The van der Waals surface area contributed by atoms with Gasteiger partial charge in [0, 0.05) is 12.6 Å². The van der Waals surface area contributed by atoms with E-state index in [1.54, 1.807) is 26.8 Å². The molecule has 2 unspecified atom stereocenters. The van der Waals surface area contributed by atoms with E-state index in [0.717, 1.165) is 4.31 Å². The highest BCUT2D eigenvalue weighted by Gasteiger charge is 2.68. The Balaban J connectivity index is 1.99. The maximum absolute atomic E-state index is 14.2. The van der Waals surface area contributed by atoms with Gasteiger partial charge in [-0.05, 0) is 33.3 Å². The molecule has 0 saturated heterocycles. The van der Waals surface area contributed by atoms with Crippen molar-refractivity contribution in [1.82, 2.24) is 9.62 Å². The van der Waals surface area contributed by atoms with Crippen LogP contribution in [0.15, 0.2) is 29.3 Å². The molecule has 1 aromatic rings. The number of alkyl carbamates (subject to hydrolysis) is 1. The van der Waals surface area contributed by atoms with Crippen molar-refractivity contribution < 1.29 is 22.3 Å². The Bertz CT molecular complexity index is 862. The lowest BCUT2D eigenvalue weighted by Gasteiger charge is -2.29. The summed E-state index contributed by atoms with van der Waals surface area (Å²) in [6, 6.07) is 5.94. The molecule has 3 rings (SSSR count). The number of carbonyl (C=O) groups is 1. The standard InChI is InChI=1S/C16H20FN3O4S/c1-15(2,3)24-14(21)18-13-19-16(10-7-5-6-8-11(10)17)9-12(16)25(22,23)20(13)4/h5-8,12H,9H2,1-4H3,(H,18,19,21). The summed E-state index contributed by atoms with van der Waals surface area (Å²) >= 11 is 0. The molecule has 2 atom stereocenters. The van der Waals surface area contributed by atoms with Crippen LogP contribution in [0.4, 0.5) is 9.18 Å². The lowest BCUT2D eigenvalue weighted by Crippen LogP contribution is -2.51. The van der Waals surface area contributed by atoms with Gasteiger partial charge in [0.1, 0.15) is 22.2 Å². The summed E-state index contributed by atoms with van der Waals surface area (Å²) < 4.78 is 45.6. The molecule has 1 aromatic carbocycles. The zero-order valence-corrected chi connectivity index (χ0v) is 15.2. The third-order valence-corrected chi connectivity index (χ3v) is 6.38. The molecule has 1 fully saturated rings. The highest BCUT2D eigenvalue weighted by atomic mass is 32.2. The summed E-state index contributed by atoms with van der Waals surface area (Å²) in [7, 11) is -2.46. The van der Waals surface area contributed by atoms with Crippen LogP contribution in [-0.4, -0.2) is 42.7 Å². The van der Waals surface area contributed by atoms with Gasteiger partial charge in [0.05, 0.1) is 0 Å². The van der Waals surface area contributed by atoms with Gasteiger partial charge in [-0.25, -0.2) is 26.9 Å². The SMILES string of the molecule is CN1C(NC(=O)OC(C)(C)C)=NC2(c3ccccc3F)CC2S1(=O)=O. The maximum atomic E-state index is 14.2. The number of benzene rings is 1. The van der Waals surface area contributed by atoms with Crippen molar-refractivity contribution in [2.75, 3.05) is 7.05 Å². The minimum Gasteiger partial charge on any atom is -0.444 e. The number of guanidine groups is 1. The molecule has 1 heterocycles. The van der Waals surface area contributed by atoms with E-state index in [1.165, 1.54) is 25.2 Å². The number of nitrogens with one attached hydrogen (secondary N) is 1. The molecule has 1 saturated carbocycles. The number of ether oxygens (including phenoxy) is 1. The Labute approximate surface area is 145 Å². The van der Waals surface area contributed by atoms with Gasteiger partial charge in [0.25, 0.3) is 0 Å². The third kappa shape index (κ3) is 2.97. The van der Waals surface area contributed by atoms with Crippen molar-refractivity contribution in [2.24, 2.45) is 4.99 Å². The zero-order chi connectivity index (χ0) is 18.6. The predicted molar refractivity (Wildman–Crippen MR) is 90.0 cm³/mol. The summed E-state index contributed by atoms with van der Waals surface area (Å²) in [4.78, 5) is 16.4. The van der Waals surface area contributed by atoms with Crippen LogP contribution in [0.3, 0.4) is 0 Å². The van der Waals surface area contributed by atoms with Crippen molar-refractivity contribution in [3.8, 4) is 0 Å². The van der Waals surface area contributed by atoms with Crippen molar-refractivity contribution >= 4 is 22.1 Å². The number of halogens is 1. The number of aliphatic imine (C=N–C) groups is 1. The molecule has 1 N–H and O–H groups in total. The van der Waals surface area contributed by atoms with Crippen LogP contribution in [0, 0.1) is 5.82 Å². The number of fused-ring (bicyclic) bond motifs is 1. The monoisotopic (exact) mass is 369 g/mol. The molecule has 25 heavy (non-hydrogen) atoms. The summed E-state index contributed by atoms with van der Waals surface area (Å²) in [6.45, 7) is 5.06. The number of rotatable bonds is 1. The van der Waals surface area contributed by atoms with Crippen molar-refractivity contribution in [3.05, 3.63) is 35.6 Å². The molecule has 7 nitrogen and oxygen atoms in total. The Hall–Kier alpha value is -2.16. The molecule has 1 aliphatic carbocycles. The van der Waals surface area contributed by atoms with Crippen LogP contribution < -0.4 is 5.32 Å². The summed E-state index contributed by atoms with van der Waals surface area (Å²) in [5.74, 6) is -0.698. The number of hydrogen-bond acceptors (Lipinski definition) is 5. The molecule has 1 amide bonds. The number of sulfonamides is 1. The zero-order valence-electron chi connectivity index (χ0n) is 14.4. The normalized spacial score (nSPS) is 27.2. The van der Waals surface area contributed by atoms with Gasteiger partial charge in [-0.15, -0.1) is 0 Å². The Morgan fingerprint density at radius 2 is 2.04 bits per heavy atom. The maximum Gasteiger partial charge on any atom is 0.414 e. The fourth-order valence-corrected chi connectivity index (χ4v) is 4.77. The van der Waals surface area contributed by atoms with Gasteiger partial charge in [-0.1, -0.05) is 18.2 Å². The van der Waals surface area contributed by atoms with Crippen molar-refractivity contribution in [1.29, 1.82) is 0 Å². The fourth-order valence-electron chi connectivity index (χ4n) is 2.92. The molecule has 1 aliphatic heterocycles. The van der Waals surface area contributed by atoms with Gasteiger partial charge in [0.15, 0.2) is 0 Å². The Kier molecular flexibility index (Phi) is 3.83. The van der Waals surface area contributed by atoms with Gasteiger partial charge in [-0.3, -0.25) is 5.32 Å². The first kappa shape index (κ1) is 17.7. The van der Waals surface area contributed by atoms with Crippen molar-refractivity contribution in [2.45, 2.75) is 43.6 Å². The average Bonchev–Trinajstić information content (AvgIpc) is 3.20. The molecule has 0 spiro atoms. The van der Waals surface area contributed by atoms with Gasteiger partial charge in [0.2, 0.25) is 16.0 Å². The second-order valence-electron chi connectivity index (χ2n) is 7.17. The minimum atomic E-state index is -3.76. The number of carbonyl (C=O) groups excluding carboxylic acids is 1. The summed E-state index contributed by atoms with van der Waals surface area (Å²) in [5, 5.41) is 1.52. The molecular weight excluding hydrogens is 349 g/mol. The largest absolute Gasteiger partial charge is 0.444 e. The first-order valence-corrected chi connectivity index (χ1v) is 9.30. The van der Waals surface area contributed by atoms with E-state index in [2.05, 4.69) is 10.3 Å². The number of nitrogens with zero attached hydrogens (tertiary/aromatic N) is 2. The topological polar surface area (TPSA) is 88.1 Å². The van der Waals surface area contributed by atoms with Gasteiger partial charge < -0.3 is 4.74 Å². The molecule has 136 valence electrons. The van der Waals surface area contributed by atoms with Gasteiger partial charge in [-0.2, -0.15) is 0 Å². The van der Waals surface area contributed by atoms with E-state index in [4.69, 9.17) is 4.74 Å². The van der Waals surface area contributed by atoms with Crippen LogP contribution in [0.2, 0.25) is 0 Å². The first-order valence-electron chi connectivity index (χ1n) is 7.80. The molecular formula is C16H20FN3O4S. The van der Waals surface area contributed by atoms with Crippen LogP contribution in [0.25, 0.3) is 0 Å². The molecule has 0 aromatic heterocycles. The smallest absolute Gasteiger partial charge is 0.414 e. The average molecular weight is 369 g/mol. The van der Waals surface area contributed by atoms with E-state index in [1.807, 2.05) is 0 Å². The lowest BCUT2D eigenvalue weighted by atomic mass is 10.1. The molecule has 0 bridgehead atoms. The van der Waals surface area contributed by atoms with Crippen LogP contribution >= 0.6 is 0 Å². The van der Waals surface area contributed by atoms with E-state index in [0.29, 0.717) is 0 Å². The quantitative estimate of drug-likeness (QED) is 0.819. The van der Waals surface area contributed by atoms with Crippen LogP contribution in [-0.2, 0) is 20.3 Å². The lowest BCUT2D eigenvalue weighted by molar-refractivity contribution is 0.0559. The number of hydrogen-bond donors (Lipinski definition) is 1. The fraction of sp³-hybridized carbons (Fsp3) is 0.500. The number of amides is 1. The third-order valence-electron chi connectivity index (χ3n) is 4.17. The Morgan fingerprint density at radius 1 is 1.40 bits per heavy atom. The van der Waals surface area contributed by atoms with Crippen molar-refractivity contribution in [3.63, 3.8) is 0 Å². The van der Waals surface area contributed by atoms with Crippen LogP contribution in [0.5, 0.6) is 0 Å². The Morgan fingerprint density at radius 3 is 2.64 bits per heavy atom. The first-order chi connectivity index (χ1) is 11.5. The highest BCUT2D eigenvalue weighted by molar-refractivity contribution is 7.90. The van der Waals surface area contributed by atoms with Gasteiger partial charge >= 0.3 is 6.09 Å². The molecule has 0 radical (unpaired) electrons.